The number of rotatable bonds is 11. The van der Waals surface area contributed by atoms with Gasteiger partial charge in [0.2, 0.25) is 5.91 Å². The van der Waals surface area contributed by atoms with Gasteiger partial charge < -0.3 is 15.0 Å². The third-order valence-electron chi connectivity index (χ3n) is 5.24. The first-order valence-corrected chi connectivity index (χ1v) is 11.6. The molecule has 5 nitrogen and oxygen atoms in total. The minimum atomic E-state index is -0.769. The molecular formula is C27H28ClFN2O3. The molecule has 0 aliphatic heterocycles. The van der Waals surface area contributed by atoms with Crippen LogP contribution < -0.4 is 10.1 Å². The number of hydrogen-bond acceptors (Lipinski definition) is 3. The fraction of sp³-hybridized carbons (Fsp3) is 0.259. The average Bonchev–Trinajstić information content (AvgIpc) is 2.85. The van der Waals surface area contributed by atoms with Gasteiger partial charge in [0.15, 0.2) is 6.61 Å². The van der Waals surface area contributed by atoms with E-state index in [9.17, 15) is 14.0 Å². The van der Waals surface area contributed by atoms with E-state index < -0.39 is 6.04 Å². The molecule has 3 rings (SSSR count). The van der Waals surface area contributed by atoms with E-state index in [1.54, 1.807) is 36.4 Å². The molecule has 1 atom stereocenters. The summed E-state index contributed by atoms with van der Waals surface area (Å²) in [6.45, 7) is 2.33. The zero-order valence-electron chi connectivity index (χ0n) is 19.0. The lowest BCUT2D eigenvalue weighted by atomic mass is 10.0. The van der Waals surface area contributed by atoms with Crippen LogP contribution in [0.2, 0.25) is 5.02 Å². The summed E-state index contributed by atoms with van der Waals surface area (Å²) >= 11 is 6.01. The molecule has 0 fully saturated rings. The Morgan fingerprint density at radius 1 is 1.00 bits per heavy atom. The number of ether oxygens (including phenoxy) is 1. The number of halogens is 2. The Bertz CT molecular complexity index is 1080. The fourth-order valence-electron chi connectivity index (χ4n) is 3.49. The first kappa shape index (κ1) is 25.2. The van der Waals surface area contributed by atoms with Crippen LogP contribution in [-0.2, 0) is 22.6 Å². The zero-order chi connectivity index (χ0) is 24.3. The standard InChI is InChI=1S/C27H28ClFN2O3/c1-2-15-30-27(33)25(16-20-7-4-3-5-8-20)31(18-21-11-13-23(29)14-12-21)26(32)19-34-24-10-6-9-22(28)17-24/h3-14,17,25H,2,15-16,18-19H2,1H3,(H,30,33)/t25-/m0/s1. The molecule has 0 spiro atoms. The summed E-state index contributed by atoms with van der Waals surface area (Å²) in [5.74, 6) is -0.522. The van der Waals surface area contributed by atoms with Crippen LogP contribution in [0.3, 0.4) is 0 Å². The molecule has 1 N–H and O–H groups in total. The van der Waals surface area contributed by atoms with Crippen LogP contribution in [-0.4, -0.2) is 35.9 Å². The summed E-state index contributed by atoms with van der Waals surface area (Å²) in [5.41, 5.74) is 1.63. The van der Waals surface area contributed by atoms with E-state index in [0.29, 0.717) is 29.3 Å². The Balaban J connectivity index is 1.88. The molecule has 7 heteroatoms. The van der Waals surface area contributed by atoms with Crippen LogP contribution in [0.1, 0.15) is 24.5 Å². The summed E-state index contributed by atoms with van der Waals surface area (Å²) in [6.07, 6.45) is 1.11. The van der Waals surface area contributed by atoms with Gasteiger partial charge in [-0.2, -0.15) is 0 Å². The number of carbonyl (C=O) groups is 2. The molecule has 0 aliphatic carbocycles. The van der Waals surface area contributed by atoms with Gasteiger partial charge in [-0.05, 0) is 47.9 Å². The minimum Gasteiger partial charge on any atom is -0.484 e. The third kappa shape index (κ3) is 7.59. The number of benzene rings is 3. The van der Waals surface area contributed by atoms with E-state index in [1.165, 1.54) is 17.0 Å². The van der Waals surface area contributed by atoms with Crippen molar-refractivity contribution in [2.45, 2.75) is 32.4 Å². The molecule has 0 saturated carbocycles. The number of hydrogen-bond donors (Lipinski definition) is 1. The van der Waals surface area contributed by atoms with Crippen molar-refractivity contribution in [1.82, 2.24) is 10.2 Å². The van der Waals surface area contributed by atoms with Crippen molar-refractivity contribution in [2.24, 2.45) is 0 Å². The molecule has 3 aromatic carbocycles. The SMILES string of the molecule is CCCNC(=O)[C@H](Cc1ccccc1)N(Cc1ccc(F)cc1)C(=O)COc1cccc(Cl)c1. The Kier molecular flexibility index (Phi) is 9.47. The second-order valence-electron chi connectivity index (χ2n) is 7.89. The summed E-state index contributed by atoms with van der Waals surface area (Å²) in [4.78, 5) is 28.1. The molecule has 0 radical (unpaired) electrons. The van der Waals surface area contributed by atoms with Crippen molar-refractivity contribution < 1.29 is 18.7 Å². The molecule has 0 aliphatic rings. The quantitative estimate of drug-likeness (QED) is 0.417. The fourth-order valence-corrected chi connectivity index (χ4v) is 3.67. The van der Waals surface area contributed by atoms with E-state index in [-0.39, 0.29) is 30.8 Å². The van der Waals surface area contributed by atoms with Gasteiger partial charge in [0.05, 0.1) is 0 Å². The van der Waals surface area contributed by atoms with Gasteiger partial charge in [0, 0.05) is 24.5 Å². The Morgan fingerprint density at radius 2 is 1.74 bits per heavy atom. The Labute approximate surface area is 204 Å². The maximum atomic E-state index is 13.5. The van der Waals surface area contributed by atoms with Crippen molar-refractivity contribution in [3.63, 3.8) is 0 Å². The van der Waals surface area contributed by atoms with Crippen LogP contribution in [0.4, 0.5) is 4.39 Å². The molecule has 3 aromatic rings. The maximum absolute atomic E-state index is 13.5. The number of nitrogens with zero attached hydrogens (tertiary/aromatic N) is 1. The molecule has 0 unspecified atom stereocenters. The molecular weight excluding hydrogens is 455 g/mol. The molecule has 34 heavy (non-hydrogen) atoms. The Morgan fingerprint density at radius 3 is 2.41 bits per heavy atom. The van der Waals surface area contributed by atoms with Gasteiger partial charge in [-0.25, -0.2) is 4.39 Å². The van der Waals surface area contributed by atoms with E-state index >= 15 is 0 Å². The lowest BCUT2D eigenvalue weighted by molar-refractivity contribution is -0.142. The summed E-state index contributed by atoms with van der Waals surface area (Å²) in [5, 5.41) is 3.41. The highest BCUT2D eigenvalue weighted by Crippen LogP contribution is 2.19. The molecule has 0 saturated heterocycles. The molecule has 0 aromatic heterocycles. The summed E-state index contributed by atoms with van der Waals surface area (Å²) < 4.78 is 19.1. The third-order valence-corrected chi connectivity index (χ3v) is 5.48. The smallest absolute Gasteiger partial charge is 0.261 e. The second kappa shape index (κ2) is 12.8. The van der Waals surface area contributed by atoms with Crippen LogP contribution in [0.15, 0.2) is 78.9 Å². The monoisotopic (exact) mass is 482 g/mol. The zero-order valence-corrected chi connectivity index (χ0v) is 19.8. The number of nitrogens with one attached hydrogen (secondary N) is 1. The highest BCUT2D eigenvalue weighted by molar-refractivity contribution is 6.30. The second-order valence-corrected chi connectivity index (χ2v) is 8.33. The normalized spacial score (nSPS) is 11.5. The van der Waals surface area contributed by atoms with E-state index in [4.69, 9.17) is 16.3 Å². The summed E-state index contributed by atoms with van der Waals surface area (Å²) in [6, 6.07) is 21.4. The van der Waals surface area contributed by atoms with Crippen molar-refractivity contribution in [3.05, 3.63) is 101 Å². The van der Waals surface area contributed by atoms with Gasteiger partial charge in [0.1, 0.15) is 17.6 Å². The van der Waals surface area contributed by atoms with E-state index in [1.807, 2.05) is 37.3 Å². The van der Waals surface area contributed by atoms with Crippen LogP contribution in [0.5, 0.6) is 5.75 Å². The van der Waals surface area contributed by atoms with Gasteiger partial charge in [-0.15, -0.1) is 0 Å². The van der Waals surface area contributed by atoms with Crippen LogP contribution in [0, 0.1) is 5.82 Å². The van der Waals surface area contributed by atoms with Gasteiger partial charge in [0.25, 0.3) is 5.91 Å². The maximum Gasteiger partial charge on any atom is 0.261 e. The van der Waals surface area contributed by atoms with Crippen LogP contribution in [0.25, 0.3) is 0 Å². The topological polar surface area (TPSA) is 58.6 Å². The molecule has 0 heterocycles. The lowest BCUT2D eigenvalue weighted by Gasteiger charge is -2.31. The van der Waals surface area contributed by atoms with Crippen molar-refractivity contribution in [3.8, 4) is 5.75 Å². The molecule has 0 bridgehead atoms. The van der Waals surface area contributed by atoms with Crippen molar-refractivity contribution >= 4 is 23.4 Å². The predicted molar refractivity (Wildman–Crippen MR) is 131 cm³/mol. The highest BCUT2D eigenvalue weighted by Gasteiger charge is 2.30. The first-order chi connectivity index (χ1) is 16.5. The largest absolute Gasteiger partial charge is 0.484 e. The minimum absolute atomic E-state index is 0.134. The van der Waals surface area contributed by atoms with Crippen molar-refractivity contribution in [1.29, 1.82) is 0 Å². The number of carbonyl (C=O) groups excluding carboxylic acids is 2. The van der Waals surface area contributed by atoms with Gasteiger partial charge >= 0.3 is 0 Å². The average molecular weight is 483 g/mol. The first-order valence-electron chi connectivity index (χ1n) is 11.2. The van der Waals surface area contributed by atoms with Crippen LogP contribution >= 0.6 is 11.6 Å². The van der Waals surface area contributed by atoms with E-state index in [2.05, 4.69) is 5.32 Å². The number of amides is 2. The highest BCUT2D eigenvalue weighted by atomic mass is 35.5. The summed E-state index contributed by atoms with van der Waals surface area (Å²) in [7, 11) is 0. The molecule has 2 amide bonds. The van der Waals surface area contributed by atoms with Gasteiger partial charge in [-0.1, -0.05) is 67.1 Å². The Hall–Kier alpha value is -3.38. The van der Waals surface area contributed by atoms with E-state index in [0.717, 1.165) is 12.0 Å². The lowest BCUT2D eigenvalue weighted by Crippen LogP contribution is -2.51. The van der Waals surface area contributed by atoms with Gasteiger partial charge in [-0.3, -0.25) is 9.59 Å². The predicted octanol–water partition coefficient (Wildman–Crippen LogP) is 5.02. The van der Waals surface area contributed by atoms with Crippen molar-refractivity contribution in [2.75, 3.05) is 13.2 Å². The molecule has 178 valence electrons.